The zero-order valence-corrected chi connectivity index (χ0v) is 10.4. The second-order valence-corrected chi connectivity index (χ2v) is 4.67. The first-order valence-electron chi connectivity index (χ1n) is 6.62. The lowest BCUT2D eigenvalue weighted by molar-refractivity contribution is -0.141. The van der Waals surface area contributed by atoms with Crippen LogP contribution in [-0.4, -0.2) is 29.7 Å². The Labute approximate surface area is 103 Å². The zero-order valence-electron chi connectivity index (χ0n) is 10.4. The molecule has 2 saturated heterocycles. The van der Waals surface area contributed by atoms with Gasteiger partial charge in [-0.1, -0.05) is 37.6 Å². The molecule has 0 saturated carbocycles. The molecule has 2 fully saturated rings. The molecule has 2 rings (SSSR count). The van der Waals surface area contributed by atoms with Crippen molar-refractivity contribution < 1.29 is 14.6 Å². The second kappa shape index (κ2) is 6.34. The van der Waals surface area contributed by atoms with Crippen LogP contribution in [0.4, 0.5) is 0 Å². The van der Waals surface area contributed by atoms with Gasteiger partial charge in [0.25, 0.3) is 0 Å². The molecule has 0 radical (unpaired) electrons. The Kier molecular flexibility index (Phi) is 4.77. The molecule has 1 unspecified atom stereocenters. The molecular weight excluding hydrogens is 216 g/mol. The van der Waals surface area contributed by atoms with Crippen molar-refractivity contribution in [2.24, 2.45) is 0 Å². The van der Waals surface area contributed by atoms with Crippen LogP contribution in [0, 0.1) is 0 Å². The van der Waals surface area contributed by atoms with E-state index in [1.54, 1.807) is 0 Å². The highest BCUT2D eigenvalue weighted by molar-refractivity contribution is 5.00. The summed E-state index contributed by atoms with van der Waals surface area (Å²) < 4.78 is 10.7. The van der Waals surface area contributed by atoms with E-state index in [0.717, 1.165) is 19.3 Å². The van der Waals surface area contributed by atoms with Crippen molar-refractivity contribution in [2.75, 3.05) is 0 Å². The van der Waals surface area contributed by atoms with Crippen molar-refractivity contribution in [3.05, 3.63) is 24.3 Å². The highest BCUT2D eigenvalue weighted by Gasteiger charge is 2.57. The molecule has 96 valence electrons. The normalized spacial score (nSPS) is 35.9. The van der Waals surface area contributed by atoms with E-state index in [-0.39, 0.29) is 18.3 Å². The van der Waals surface area contributed by atoms with Crippen LogP contribution >= 0.6 is 0 Å². The molecule has 0 spiro atoms. The summed E-state index contributed by atoms with van der Waals surface area (Å²) in [6, 6.07) is 0. The van der Waals surface area contributed by atoms with E-state index in [1.807, 2.05) is 0 Å². The lowest BCUT2D eigenvalue weighted by Crippen LogP contribution is -2.18. The molecule has 2 aliphatic heterocycles. The fourth-order valence-electron chi connectivity index (χ4n) is 2.16. The van der Waals surface area contributed by atoms with Crippen LogP contribution in [0.1, 0.15) is 39.0 Å². The highest BCUT2D eigenvalue weighted by atomic mass is 16.7. The van der Waals surface area contributed by atoms with Gasteiger partial charge in [0.1, 0.15) is 12.2 Å². The van der Waals surface area contributed by atoms with Gasteiger partial charge in [-0.05, 0) is 25.7 Å². The smallest absolute Gasteiger partial charge is 0.184 e. The summed E-state index contributed by atoms with van der Waals surface area (Å²) >= 11 is 0. The number of aliphatic hydroxyl groups excluding tert-OH is 1. The molecule has 3 heteroatoms. The van der Waals surface area contributed by atoms with Crippen LogP contribution in [0.5, 0.6) is 0 Å². The quantitative estimate of drug-likeness (QED) is 0.547. The van der Waals surface area contributed by atoms with Crippen molar-refractivity contribution in [1.82, 2.24) is 0 Å². The lowest BCUT2D eigenvalue weighted by Gasteiger charge is -2.12. The predicted molar refractivity (Wildman–Crippen MR) is 66.6 cm³/mol. The zero-order chi connectivity index (χ0) is 12.1. The Bertz CT molecular complexity index is 285. The maximum absolute atomic E-state index is 9.36. The molecule has 0 aliphatic carbocycles. The second-order valence-electron chi connectivity index (χ2n) is 4.67. The molecule has 0 bridgehead atoms. The number of hydrogen-bond donors (Lipinski definition) is 1. The molecule has 2 aliphatic rings. The lowest BCUT2D eigenvalue weighted by atomic mass is 10.1. The van der Waals surface area contributed by atoms with Gasteiger partial charge < -0.3 is 14.6 Å². The fourth-order valence-corrected chi connectivity index (χ4v) is 2.16. The number of ether oxygens (including phenoxy) is 2. The average Bonchev–Trinajstić information content (AvgIpc) is 3.05. The molecular formula is C14H22O3. The Morgan fingerprint density at radius 1 is 1.00 bits per heavy atom. The molecule has 17 heavy (non-hydrogen) atoms. The van der Waals surface area contributed by atoms with E-state index in [0.29, 0.717) is 0 Å². The van der Waals surface area contributed by atoms with E-state index in [1.165, 1.54) is 12.8 Å². The van der Waals surface area contributed by atoms with Gasteiger partial charge >= 0.3 is 0 Å². The Morgan fingerprint density at radius 2 is 1.76 bits per heavy atom. The topological polar surface area (TPSA) is 42.0 Å². The van der Waals surface area contributed by atoms with E-state index in [4.69, 9.17) is 9.47 Å². The van der Waals surface area contributed by atoms with Gasteiger partial charge in [0.15, 0.2) is 6.29 Å². The van der Waals surface area contributed by atoms with Gasteiger partial charge in [0.05, 0.1) is 6.10 Å². The van der Waals surface area contributed by atoms with Gasteiger partial charge in [-0.25, -0.2) is 0 Å². The van der Waals surface area contributed by atoms with Crippen molar-refractivity contribution in [2.45, 2.75) is 63.6 Å². The van der Waals surface area contributed by atoms with Crippen LogP contribution in [-0.2, 0) is 9.47 Å². The average molecular weight is 238 g/mol. The summed E-state index contributed by atoms with van der Waals surface area (Å²) in [5.41, 5.74) is 0. The number of unbranched alkanes of at least 4 members (excludes halogenated alkanes) is 1. The molecule has 4 atom stereocenters. The van der Waals surface area contributed by atoms with Crippen LogP contribution in [0.2, 0.25) is 0 Å². The molecule has 3 nitrogen and oxygen atoms in total. The largest absolute Gasteiger partial charge is 0.366 e. The number of aliphatic hydroxyl groups is 1. The molecule has 2 heterocycles. The Hall–Kier alpha value is -0.640. The van der Waals surface area contributed by atoms with E-state index in [2.05, 4.69) is 31.2 Å². The highest BCUT2D eigenvalue weighted by Crippen LogP contribution is 2.39. The van der Waals surface area contributed by atoms with Crippen LogP contribution in [0.15, 0.2) is 24.3 Å². The minimum Gasteiger partial charge on any atom is -0.366 e. The van der Waals surface area contributed by atoms with Crippen molar-refractivity contribution in [3.8, 4) is 0 Å². The SMILES string of the molecule is CCC/C=C/C/C=C/CC[C@H]1OC(O)[C@@H]2O[C@H]12. The maximum Gasteiger partial charge on any atom is 0.184 e. The number of allylic oxidation sites excluding steroid dienone is 4. The van der Waals surface area contributed by atoms with Gasteiger partial charge in [-0.15, -0.1) is 0 Å². The summed E-state index contributed by atoms with van der Waals surface area (Å²) in [7, 11) is 0. The summed E-state index contributed by atoms with van der Waals surface area (Å²) in [6.45, 7) is 2.18. The summed E-state index contributed by atoms with van der Waals surface area (Å²) in [5, 5.41) is 9.36. The Balaban J connectivity index is 1.53. The first-order chi connectivity index (χ1) is 8.33. The summed E-state index contributed by atoms with van der Waals surface area (Å²) in [6.07, 6.45) is 13.6. The van der Waals surface area contributed by atoms with Crippen molar-refractivity contribution >= 4 is 0 Å². The van der Waals surface area contributed by atoms with Crippen LogP contribution in [0.3, 0.4) is 0 Å². The van der Waals surface area contributed by atoms with E-state index >= 15 is 0 Å². The van der Waals surface area contributed by atoms with Gasteiger partial charge in [-0.2, -0.15) is 0 Å². The molecule has 1 N–H and O–H groups in total. The van der Waals surface area contributed by atoms with Gasteiger partial charge in [0, 0.05) is 0 Å². The van der Waals surface area contributed by atoms with Gasteiger partial charge in [0.2, 0.25) is 0 Å². The standard InChI is InChI=1S/C14H22O3/c1-2-3-4-5-6-7-8-9-10-11-12-13(17-12)14(15)16-11/h4-5,7-8,11-15H,2-3,6,9-10H2,1H3/b5-4+,8-7+/t11-,12-,13-,14?/m1/s1. The third kappa shape index (κ3) is 3.66. The van der Waals surface area contributed by atoms with Gasteiger partial charge in [-0.3, -0.25) is 0 Å². The summed E-state index contributed by atoms with van der Waals surface area (Å²) in [5.74, 6) is 0. The monoisotopic (exact) mass is 238 g/mol. The number of fused-ring (bicyclic) bond motifs is 1. The van der Waals surface area contributed by atoms with Crippen LogP contribution < -0.4 is 0 Å². The van der Waals surface area contributed by atoms with E-state index in [9.17, 15) is 5.11 Å². The maximum atomic E-state index is 9.36. The molecule has 0 aromatic carbocycles. The minimum atomic E-state index is -0.689. The first kappa shape index (κ1) is 12.8. The van der Waals surface area contributed by atoms with Crippen molar-refractivity contribution in [3.63, 3.8) is 0 Å². The minimum absolute atomic E-state index is 0.0408. The first-order valence-corrected chi connectivity index (χ1v) is 6.62. The van der Waals surface area contributed by atoms with Crippen molar-refractivity contribution in [1.29, 1.82) is 0 Å². The molecule has 0 aromatic rings. The Morgan fingerprint density at radius 3 is 2.35 bits per heavy atom. The number of hydrogen-bond acceptors (Lipinski definition) is 3. The van der Waals surface area contributed by atoms with Crippen LogP contribution in [0.25, 0.3) is 0 Å². The fraction of sp³-hybridized carbons (Fsp3) is 0.714. The number of rotatable bonds is 7. The molecule has 0 aromatic heterocycles. The predicted octanol–water partition coefficient (Wildman–Crippen LogP) is 2.55. The van der Waals surface area contributed by atoms with E-state index < -0.39 is 6.29 Å². The molecule has 0 amide bonds. The third-order valence-corrected chi connectivity index (χ3v) is 3.20. The summed E-state index contributed by atoms with van der Waals surface area (Å²) in [4.78, 5) is 0. The number of epoxide rings is 1. The third-order valence-electron chi connectivity index (χ3n) is 3.20.